The quantitative estimate of drug-likeness (QED) is 0.701. The van der Waals surface area contributed by atoms with E-state index >= 15 is 0 Å². The van der Waals surface area contributed by atoms with Gasteiger partial charge in [0, 0.05) is 22.5 Å². The lowest BCUT2D eigenvalue weighted by Gasteiger charge is -2.24. The van der Waals surface area contributed by atoms with E-state index in [4.69, 9.17) is 25.8 Å². The third-order valence-corrected chi connectivity index (χ3v) is 5.29. The van der Waals surface area contributed by atoms with Gasteiger partial charge >= 0.3 is 0 Å². The van der Waals surface area contributed by atoms with Crippen molar-refractivity contribution in [3.05, 3.63) is 22.7 Å². The molecule has 21 heavy (non-hydrogen) atoms. The van der Waals surface area contributed by atoms with Crippen LogP contribution in [0, 0.1) is 0 Å². The van der Waals surface area contributed by atoms with E-state index in [9.17, 15) is 0 Å². The van der Waals surface area contributed by atoms with Crippen molar-refractivity contribution in [2.75, 3.05) is 19.8 Å². The molecule has 1 saturated heterocycles. The van der Waals surface area contributed by atoms with Crippen molar-refractivity contribution in [1.82, 2.24) is 0 Å². The van der Waals surface area contributed by atoms with Crippen molar-refractivity contribution in [2.24, 2.45) is 0 Å². The summed E-state index contributed by atoms with van der Waals surface area (Å²) in [7, 11) is 0. The Morgan fingerprint density at radius 1 is 1.14 bits per heavy atom. The maximum Gasteiger partial charge on any atom is 0.162 e. The summed E-state index contributed by atoms with van der Waals surface area (Å²) in [6.45, 7) is 2.08. The molecule has 0 aliphatic carbocycles. The van der Waals surface area contributed by atoms with E-state index in [1.54, 1.807) is 0 Å². The molecule has 116 valence electrons. The summed E-state index contributed by atoms with van der Waals surface area (Å²) in [5, 5.41) is 0.727. The number of halogens is 2. The van der Waals surface area contributed by atoms with Gasteiger partial charge in [0.05, 0.1) is 6.10 Å². The van der Waals surface area contributed by atoms with E-state index < -0.39 is 0 Å². The van der Waals surface area contributed by atoms with Crippen LogP contribution in [0.3, 0.4) is 0 Å². The lowest BCUT2D eigenvalue weighted by Crippen LogP contribution is -2.19. The van der Waals surface area contributed by atoms with Crippen LogP contribution in [0.25, 0.3) is 0 Å². The molecule has 5 heteroatoms. The van der Waals surface area contributed by atoms with Gasteiger partial charge in [-0.3, -0.25) is 0 Å². The second-order valence-corrected chi connectivity index (χ2v) is 7.06. The lowest BCUT2D eigenvalue weighted by atomic mass is 10.0. The SMILES string of the molecule is Clc1cc2c(cc1C(Br)CCC1CCCCO1)OCCO2. The third kappa shape index (κ3) is 3.85. The first-order valence-corrected chi connectivity index (χ1v) is 8.88. The number of hydrogen-bond acceptors (Lipinski definition) is 3. The molecule has 0 N–H and O–H groups in total. The highest BCUT2D eigenvalue weighted by Crippen LogP contribution is 2.41. The summed E-state index contributed by atoms with van der Waals surface area (Å²) in [5.41, 5.74) is 1.07. The third-order valence-electron chi connectivity index (χ3n) is 4.02. The van der Waals surface area contributed by atoms with Gasteiger partial charge in [-0.1, -0.05) is 27.5 Å². The van der Waals surface area contributed by atoms with E-state index in [2.05, 4.69) is 15.9 Å². The molecule has 1 fully saturated rings. The predicted molar refractivity (Wildman–Crippen MR) is 86.9 cm³/mol. The number of alkyl halides is 1. The van der Waals surface area contributed by atoms with Gasteiger partial charge in [-0.2, -0.15) is 0 Å². The van der Waals surface area contributed by atoms with E-state index in [0.29, 0.717) is 19.3 Å². The Morgan fingerprint density at radius 2 is 1.90 bits per heavy atom. The molecule has 3 nitrogen and oxygen atoms in total. The molecule has 0 aromatic heterocycles. The van der Waals surface area contributed by atoms with Crippen LogP contribution in [0.5, 0.6) is 11.5 Å². The van der Waals surface area contributed by atoms with Crippen molar-refractivity contribution in [2.45, 2.75) is 43.0 Å². The zero-order valence-electron chi connectivity index (χ0n) is 11.9. The molecule has 0 spiro atoms. The molecule has 0 saturated carbocycles. The molecule has 0 bridgehead atoms. The van der Waals surface area contributed by atoms with Crippen LogP contribution in [0.2, 0.25) is 5.02 Å². The first-order valence-electron chi connectivity index (χ1n) is 7.59. The van der Waals surface area contributed by atoms with E-state index in [1.165, 1.54) is 19.3 Å². The van der Waals surface area contributed by atoms with Gasteiger partial charge in [0.2, 0.25) is 0 Å². The predicted octanol–water partition coefficient (Wildman–Crippen LogP) is 4.90. The highest BCUT2D eigenvalue weighted by atomic mass is 79.9. The molecular formula is C16H20BrClO3. The minimum Gasteiger partial charge on any atom is -0.486 e. The smallest absolute Gasteiger partial charge is 0.162 e. The normalized spacial score (nSPS) is 22.9. The molecule has 2 unspecified atom stereocenters. The Kier molecular flexibility index (Phi) is 5.30. The van der Waals surface area contributed by atoms with Gasteiger partial charge in [-0.25, -0.2) is 0 Å². The molecular weight excluding hydrogens is 356 g/mol. The number of ether oxygens (including phenoxy) is 3. The van der Waals surface area contributed by atoms with Gasteiger partial charge in [0.15, 0.2) is 11.5 Å². The number of hydrogen-bond donors (Lipinski definition) is 0. The summed E-state index contributed by atoms with van der Waals surface area (Å²) in [5.74, 6) is 1.53. The summed E-state index contributed by atoms with van der Waals surface area (Å²) in [6.07, 6.45) is 6.11. The minimum atomic E-state index is 0.214. The van der Waals surface area contributed by atoms with Crippen molar-refractivity contribution in [1.29, 1.82) is 0 Å². The number of fused-ring (bicyclic) bond motifs is 1. The van der Waals surface area contributed by atoms with E-state index in [0.717, 1.165) is 41.5 Å². The number of rotatable bonds is 4. The molecule has 2 heterocycles. The largest absolute Gasteiger partial charge is 0.486 e. The average Bonchev–Trinajstić information content (AvgIpc) is 2.53. The zero-order chi connectivity index (χ0) is 14.7. The summed E-state index contributed by atoms with van der Waals surface area (Å²) >= 11 is 10.1. The Bertz CT molecular complexity index is 489. The van der Waals surface area contributed by atoms with Crippen LogP contribution in [0.4, 0.5) is 0 Å². The first-order chi connectivity index (χ1) is 10.2. The molecule has 2 aliphatic heterocycles. The highest BCUT2D eigenvalue weighted by molar-refractivity contribution is 9.09. The maximum absolute atomic E-state index is 6.38. The molecule has 2 atom stereocenters. The molecule has 0 radical (unpaired) electrons. The summed E-state index contributed by atoms with van der Waals surface area (Å²) in [6, 6.07) is 3.86. The fraction of sp³-hybridized carbons (Fsp3) is 0.625. The Hall–Kier alpha value is -0.450. The van der Waals surface area contributed by atoms with Gasteiger partial charge in [-0.05, 0) is 43.7 Å². The second kappa shape index (κ2) is 7.21. The Labute approximate surface area is 139 Å². The first kappa shape index (κ1) is 15.4. The fourth-order valence-electron chi connectivity index (χ4n) is 2.84. The summed E-state index contributed by atoms with van der Waals surface area (Å²) < 4.78 is 17.0. The van der Waals surface area contributed by atoms with Crippen LogP contribution >= 0.6 is 27.5 Å². The fourth-order valence-corrected chi connectivity index (χ4v) is 3.90. The Balaban J connectivity index is 1.64. The van der Waals surface area contributed by atoms with Crippen LogP contribution in [0.1, 0.15) is 42.5 Å². The molecule has 1 aromatic rings. The Morgan fingerprint density at radius 3 is 2.62 bits per heavy atom. The number of benzene rings is 1. The maximum atomic E-state index is 6.38. The van der Waals surface area contributed by atoms with Crippen molar-refractivity contribution in [3.63, 3.8) is 0 Å². The lowest BCUT2D eigenvalue weighted by molar-refractivity contribution is 0.0102. The standard InChI is InChI=1S/C16H20BrClO3/c17-13(5-4-11-3-1-2-6-19-11)12-9-15-16(10-14(12)18)21-8-7-20-15/h9-11,13H,1-8H2. The summed E-state index contributed by atoms with van der Waals surface area (Å²) in [4.78, 5) is 0.214. The molecule has 1 aromatic carbocycles. The topological polar surface area (TPSA) is 27.7 Å². The van der Waals surface area contributed by atoms with Crippen molar-refractivity contribution >= 4 is 27.5 Å². The van der Waals surface area contributed by atoms with E-state index in [-0.39, 0.29) is 4.83 Å². The van der Waals surface area contributed by atoms with Crippen molar-refractivity contribution in [3.8, 4) is 11.5 Å². The average molecular weight is 376 g/mol. The molecule has 0 amide bonds. The van der Waals surface area contributed by atoms with Gasteiger partial charge < -0.3 is 14.2 Å². The van der Waals surface area contributed by atoms with Crippen LogP contribution < -0.4 is 9.47 Å². The highest BCUT2D eigenvalue weighted by Gasteiger charge is 2.21. The molecule has 2 aliphatic rings. The van der Waals surface area contributed by atoms with Crippen LogP contribution in [-0.2, 0) is 4.74 Å². The van der Waals surface area contributed by atoms with E-state index in [1.807, 2.05) is 12.1 Å². The van der Waals surface area contributed by atoms with Gasteiger partial charge in [0.25, 0.3) is 0 Å². The zero-order valence-corrected chi connectivity index (χ0v) is 14.3. The second-order valence-electron chi connectivity index (χ2n) is 5.55. The monoisotopic (exact) mass is 374 g/mol. The van der Waals surface area contributed by atoms with Gasteiger partial charge in [-0.15, -0.1) is 0 Å². The van der Waals surface area contributed by atoms with Crippen LogP contribution in [0.15, 0.2) is 12.1 Å². The van der Waals surface area contributed by atoms with Gasteiger partial charge in [0.1, 0.15) is 13.2 Å². The minimum absolute atomic E-state index is 0.214. The molecule has 3 rings (SSSR count). The van der Waals surface area contributed by atoms with Crippen LogP contribution in [-0.4, -0.2) is 25.9 Å². The van der Waals surface area contributed by atoms with Crippen molar-refractivity contribution < 1.29 is 14.2 Å².